The zero-order valence-electron chi connectivity index (χ0n) is 17.2. The number of pyridine rings is 1. The molecular formula is C25H20ClFN4S. The highest BCUT2D eigenvalue weighted by molar-refractivity contribution is 7.80. The molecule has 2 aromatic carbocycles. The van der Waals surface area contributed by atoms with Gasteiger partial charge in [-0.3, -0.25) is 4.98 Å². The third-order valence-corrected chi connectivity index (χ3v) is 6.45. The number of hydrogen-bond donors (Lipinski definition) is 1. The predicted octanol–water partition coefficient (Wildman–Crippen LogP) is 6.15. The molecule has 0 saturated carbocycles. The van der Waals surface area contributed by atoms with Crippen LogP contribution in [0.15, 0.2) is 85.2 Å². The van der Waals surface area contributed by atoms with Gasteiger partial charge < -0.3 is 14.8 Å². The average Bonchev–Trinajstić information content (AvgIpc) is 3.41. The number of halogens is 2. The van der Waals surface area contributed by atoms with E-state index in [2.05, 4.69) is 14.9 Å². The number of hydrogen-bond acceptors (Lipinski definition) is 2. The third kappa shape index (κ3) is 3.55. The Labute approximate surface area is 196 Å². The SMILES string of the molecule is Cc1cc(-n2cccc2[C@H]2[C@H](c3ccccn3)NC(=S)N2c2ccccc2F)ccc1Cl. The van der Waals surface area contributed by atoms with E-state index >= 15 is 0 Å². The lowest BCUT2D eigenvalue weighted by Gasteiger charge is -2.29. The van der Waals surface area contributed by atoms with E-state index in [0.29, 0.717) is 15.8 Å². The van der Waals surface area contributed by atoms with Gasteiger partial charge in [-0.1, -0.05) is 29.8 Å². The van der Waals surface area contributed by atoms with E-state index in [1.165, 1.54) is 6.07 Å². The summed E-state index contributed by atoms with van der Waals surface area (Å²) in [5.41, 5.74) is 4.17. The van der Waals surface area contributed by atoms with Gasteiger partial charge in [0, 0.05) is 28.8 Å². The molecule has 0 unspecified atom stereocenters. The highest BCUT2D eigenvalue weighted by Crippen LogP contribution is 2.43. The zero-order valence-corrected chi connectivity index (χ0v) is 18.8. The summed E-state index contributed by atoms with van der Waals surface area (Å²) in [6.45, 7) is 1.98. The van der Waals surface area contributed by atoms with Crippen molar-refractivity contribution in [2.45, 2.75) is 19.0 Å². The molecule has 0 amide bonds. The molecule has 3 heterocycles. The summed E-state index contributed by atoms with van der Waals surface area (Å²) < 4.78 is 17.0. The summed E-state index contributed by atoms with van der Waals surface area (Å²) in [5, 5.41) is 4.55. The summed E-state index contributed by atoms with van der Waals surface area (Å²) in [7, 11) is 0. The van der Waals surface area contributed by atoms with E-state index in [-0.39, 0.29) is 17.9 Å². The fourth-order valence-electron chi connectivity index (χ4n) is 4.21. The molecule has 1 aliphatic heterocycles. The van der Waals surface area contributed by atoms with E-state index in [1.54, 1.807) is 18.3 Å². The maximum Gasteiger partial charge on any atom is 0.174 e. The van der Waals surface area contributed by atoms with E-state index < -0.39 is 0 Å². The Balaban J connectivity index is 1.69. The molecule has 0 bridgehead atoms. The molecule has 0 spiro atoms. The molecule has 7 heteroatoms. The second kappa shape index (κ2) is 8.37. The molecule has 1 N–H and O–H groups in total. The van der Waals surface area contributed by atoms with Gasteiger partial charge in [-0.25, -0.2) is 4.39 Å². The molecule has 5 rings (SSSR count). The lowest BCUT2D eigenvalue weighted by molar-refractivity contribution is 0.542. The van der Waals surface area contributed by atoms with Crippen LogP contribution in [0.5, 0.6) is 0 Å². The van der Waals surface area contributed by atoms with Crippen molar-refractivity contribution in [3.05, 3.63) is 113 Å². The molecule has 160 valence electrons. The van der Waals surface area contributed by atoms with Gasteiger partial charge in [0.1, 0.15) is 11.9 Å². The van der Waals surface area contributed by atoms with Crippen molar-refractivity contribution in [3.8, 4) is 5.69 Å². The summed E-state index contributed by atoms with van der Waals surface area (Å²) in [6.07, 6.45) is 3.75. The van der Waals surface area contributed by atoms with Crippen LogP contribution in [0.3, 0.4) is 0 Å². The van der Waals surface area contributed by atoms with Gasteiger partial charge >= 0.3 is 0 Å². The third-order valence-electron chi connectivity index (χ3n) is 5.71. The van der Waals surface area contributed by atoms with Gasteiger partial charge in [-0.15, -0.1) is 0 Å². The van der Waals surface area contributed by atoms with Gasteiger partial charge in [0.05, 0.1) is 17.4 Å². The molecule has 2 atom stereocenters. The number of nitrogens with one attached hydrogen (secondary N) is 1. The Bertz CT molecular complexity index is 1290. The quantitative estimate of drug-likeness (QED) is 0.369. The van der Waals surface area contributed by atoms with Crippen molar-refractivity contribution in [2.75, 3.05) is 4.90 Å². The van der Waals surface area contributed by atoms with Gasteiger partial charge in [0.15, 0.2) is 5.11 Å². The van der Waals surface area contributed by atoms with Crippen LogP contribution >= 0.6 is 23.8 Å². The highest BCUT2D eigenvalue weighted by Gasteiger charge is 2.43. The monoisotopic (exact) mass is 462 g/mol. The van der Waals surface area contributed by atoms with Crippen LogP contribution < -0.4 is 10.2 Å². The second-order valence-corrected chi connectivity index (χ2v) is 8.48. The summed E-state index contributed by atoms with van der Waals surface area (Å²) >= 11 is 12.0. The lowest BCUT2D eigenvalue weighted by Crippen LogP contribution is -2.31. The fraction of sp³-hybridized carbons (Fsp3) is 0.120. The van der Waals surface area contributed by atoms with E-state index in [4.69, 9.17) is 23.8 Å². The smallest absolute Gasteiger partial charge is 0.174 e. The predicted molar refractivity (Wildman–Crippen MR) is 130 cm³/mol. The standard InChI is InChI=1S/C25H20ClFN4S/c1-16-15-17(11-12-18(16)26)30-14-6-10-22(30)24-23(20-8-4-5-13-28-20)29-25(32)31(24)21-9-3-2-7-19(21)27/h2-15,23-24H,1H3,(H,29,32)/t23-,24-/m0/s1. The molecule has 4 aromatic rings. The molecule has 2 aromatic heterocycles. The maximum atomic E-state index is 14.9. The van der Waals surface area contributed by atoms with Crippen LogP contribution in [0.1, 0.15) is 29.0 Å². The zero-order chi connectivity index (χ0) is 22.2. The van der Waals surface area contributed by atoms with Crippen LogP contribution in [0.2, 0.25) is 5.02 Å². The highest BCUT2D eigenvalue weighted by atomic mass is 35.5. The number of nitrogens with zero attached hydrogens (tertiary/aromatic N) is 3. The Morgan fingerprint density at radius 3 is 2.59 bits per heavy atom. The van der Waals surface area contributed by atoms with Crippen LogP contribution in [0.25, 0.3) is 5.69 Å². The molecule has 0 radical (unpaired) electrons. The first-order valence-corrected chi connectivity index (χ1v) is 11.0. The molecular weight excluding hydrogens is 443 g/mol. The second-order valence-electron chi connectivity index (χ2n) is 7.68. The minimum absolute atomic E-state index is 0.259. The Hall–Kier alpha value is -3.22. The number of aromatic nitrogens is 2. The summed E-state index contributed by atoms with van der Waals surface area (Å²) in [4.78, 5) is 6.41. The molecule has 32 heavy (non-hydrogen) atoms. The number of thiocarbonyl (C=S) groups is 1. The van der Waals surface area contributed by atoms with Gasteiger partial charge in [-0.05, 0) is 79.3 Å². The van der Waals surface area contributed by atoms with Crippen molar-refractivity contribution in [1.29, 1.82) is 0 Å². The van der Waals surface area contributed by atoms with Crippen molar-refractivity contribution in [3.63, 3.8) is 0 Å². The Morgan fingerprint density at radius 1 is 1.03 bits per heavy atom. The number of anilines is 1. The molecule has 0 aliphatic carbocycles. The van der Waals surface area contributed by atoms with Crippen LogP contribution in [0.4, 0.5) is 10.1 Å². The van der Waals surface area contributed by atoms with Crippen LogP contribution in [-0.2, 0) is 0 Å². The lowest BCUT2D eigenvalue weighted by atomic mass is 10.0. The van der Waals surface area contributed by atoms with Crippen molar-refractivity contribution in [1.82, 2.24) is 14.9 Å². The molecule has 4 nitrogen and oxygen atoms in total. The summed E-state index contributed by atoms with van der Waals surface area (Å²) in [6, 6.07) is 21.8. The van der Waals surface area contributed by atoms with Crippen molar-refractivity contribution < 1.29 is 4.39 Å². The van der Waals surface area contributed by atoms with Crippen molar-refractivity contribution >= 4 is 34.6 Å². The number of benzene rings is 2. The van der Waals surface area contributed by atoms with Gasteiger partial charge in [0.25, 0.3) is 0 Å². The topological polar surface area (TPSA) is 33.1 Å². The first-order chi connectivity index (χ1) is 15.5. The average molecular weight is 463 g/mol. The maximum absolute atomic E-state index is 14.9. The molecule has 1 saturated heterocycles. The van der Waals surface area contributed by atoms with Crippen LogP contribution in [0, 0.1) is 12.7 Å². The number of rotatable bonds is 4. The molecule has 1 fully saturated rings. The van der Waals surface area contributed by atoms with Crippen LogP contribution in [-0.4, -0.2) is 14.7 Å². The van der Waals surface area contributed by atoms with Gasteiger partial charge in [-0.2, -0.15) is 0 Å². The van der Waals surface area contributed by atoms with E-state index in [1.807, 2.05) is 72.6 Å². The largest absolute Gasteiger partial charge is 0.351 e. The number of para-hydroxylation sites is 1. The first-order valence-electron chi connectivity index (χ1n) is 10.2. The normalized spacial score (nSPS) is 18.1. The summed E-state index contributed by atoms with van der Waals surface area (Å²) in [5.74, 6) is -0.330. The van der Waals surface area contributed by atoms with E-state index in [0.717, 1.165) is 22.6 Å². The Morgan fingerprint density at radius 2 is 1.84 bits per heavy atom. The minimum atomic E-state index is -0.330. The van der Waals surface area contributed by atoms with Gasteiger partial charge in [0.2, 0.25) is 0 Å². The molecule has 1 aliphatic rings. The minimum Gasteiger partial charge on any atom is -0.351 e. The first kappa shape index (κ1) is 20.7. The van der Waals surface area contributed by atoms with Crippen molar-refractivity contribution in [2.24, 2.45) is 0 Å². The number of aryl methyl sites for hydroxylation is 1. The van der Waals surface area contributed by atoms with E-state index in [9.17, 15) is 4.39 Å². The fourth-order valence-corrected chi connectivity index (χ4v) is 4.67. The Kier molecular flexibility index (Phi) is 5.41.